The van der Waals surface area contributed by atoms with Crippen LogP contribution in [0.4, 0.5) is 11.4 Å². The summed E-state index contributed by atoms with van der Waals surface area (Å²) in [4.78, 5) is 15.2. The molecule has 0 fully saturated rings. The number of para-hydroxylation sites is 2. The Morgan fingerprint density at radius 1 is 0.526 bits per heavy atom. The molecule has 1 heterocycles. The van der Waals surface area contributed by atoms with Crippen molar-refractivity contribution >= 4 is 22.8 Å². The van der Waals surface area contributed by atoms with Crippen molar-refractivity contribution in [2.24, 2.45) is 9.98 Å². The molecule has 0 spiro atoms. The molecule has 0 N–H and O–H groups in total. The molecule has 3 rings (SSSR count). The van der Waals surface area contributed by atoms with Gasteiger partial charge in [-0.1, -0.05) is 104 Å². The molecule has 1 aromatic heterocycles. The molecule has 0 aliphatic carbocycles. The first kappa shape index (κ1) is 35.6. The van der Waals surface area contributed by atoms with Crippen molar-refractivity contribution in [2.75, 3.05) is 0 Å². The number of nitrogens with zero attached hydrogens (tertiary/aromatic N) is 3. The summed E-state index contributed by atoms with van der Waals surface area (Å²) < 4.78 is 0. The minimum Gasteiger partial charge on any atom is -0.655 e. The Balaban J connectivity index is 0.00000456. The van der Waals surface area contributed by atoms with E-state index in [2.05, 4.69) is 118 Å². The van der Waals surface area contributed by atoms with Crippen molar-refractivity contribution in [3.63, 3.8) is 0 Å². The van der Waals surface area contributed by atoms with Crippen LogP contribution in [0.15, 0.2) is 58.5 Å². The largest absolute Gasteiger partial charge is 3.00 e. The maximum atomic E-state index is 5.12. The van der Waals surface area contributed by atoms with Crippen molar-refractivity contribution in [1.82, 2.24) is 4.98 Å². The third kappa shape index (κ3) is 8.04. The summed E-state index contributed by atoms with van der Waals surface area (Å²) in [6, 6.07) is 17.2. The monoisotopic (exact) mass is 554 g/mol. The Morgan fingerprint density at radius 2 is 0.789 bits per heavy atom. The zero-order valence-electron chi connectivity index (χ0n) is 25.6. The molecule has 1 radical (unpaired) electrons. The van der Waals surface area contributed by atoms with E-state index >= 15 is 0 Å². The van der Waals surface area contributed by atoms with Crippen LogP contribution in [0, 0.1) is 14.9 Å². The fourth-order valence-electron chi connectivity index (χ4n) is 4.50. The Labute approximate surface area is 244 Å². The van der Waals surface area contributed by atoms with E-state index in [1.165, 1.54) is 22.3 Å². The third-order valence-corrected chi connectivity index (χ3v) is 6.63. The SMILES string of the molecule is CC(=Nc1c(C(C)C)cccc1C(C)C)c1ccc(C(C)=Nc2c(C(C)C)cccc2C(C)C)[n-]1.[CH3-].[CH3-].[Fe+3]. The fourth-order valence-corrected chi connectivity index (χ4v) is 4.50. The van der Waals surface area contributed by atoms with Crippen molar-refractivity contribution in [2.45, 2.75) is 92.9 Å². The van der Waals surface area contributed by atoms with Crippen LogP contribution in [0.3, 0.4) is 0 Å². The molecular formula is C34H48FeN3. The zero-order chi connectivity index (χ0) is 25.9. The van der Waals surface area contributed by atoms with Crippen molar-refractivity contribution in [1.29, 1.82) is 0 Å². The molecule has 0 amide bonds. The third-order valence-electron chi connectivity index (χ3n) is 6.63. The van der Waals surface area contributed by atoms with Crippen molar-refractivity contribution < 1.29 is 17.1 Å². The summed E-state index contributed by atoms with van der Waals surface area (Å²) in [6.45, 7) is 22.0. The van der Waals surface area contributed by atoms with E-state index in [0.717, 1.165) is 34.2 Å². The summed E-state index contributed by atoms with van der Waals surface area (Å²) in [7, 11) is 0. The van der Waals surface area contributed by atoms with Gasteiger partial charge in [0.25, 0.3) is 0 Å². The summed E-state index contributed by atoms with van der Waals surface area (Å²) in [5.74, 6) is 1.64. The number of hydrogen-bond donors (Lipinski definition) is 0. The Bertz CT molecular complexity index is 1080. The summed E-state index contributed by atoms with van der Waals surface area (Å²) in [5.41, 5.74) is 11.0. The maximum absolute atomic E-state index is 5.12. The molecule has 38 heavy (non-hydrogen) atoms. The van der Waals surface area contributed by atoms with E-state index in [1.807, 2.05) is 0 Å². The number of aromatic nitrogens is 1. The Morgan fingerprint density at radius 3 is 1.03 bits per heavy atom. The van der Waals surface area contributed by atoms with Gasteiger partial charge in [0.1, 0.15) is 0 Å². The second-order valence-electron chi connectivity index (χ2n) is 10.8. The second-order valence-corrected chi connectivity index (χ2v) is 10.8. The number of benzene rings is 2. The van der Waals surface area contributed by atoms with Gasteiger partial charge in [-0.2, -0.15) is 0 Å². The van der Waals surface area contributed by atoms with Gasteiger partial charge in [-0.15, -0.1) is 11.4 Å². The van der Waals surface area contributed by atoms with Crippen molar-refractivity contribution in [3.05, 3.63) is 97.0 Å². The van der Waals surface area contributed by atoms with Crippen LogP contribution >= 0.6 is 0 Å². The molecular weight excluding hydrogens is 506 g/mol. The standard InChI is InChI=1S/C32H42N3.2CH3.Fe/c1-19(2)25-13-11-14-26(20(3)4)31(25)33-23(9)29-17-18-30(35-29)24(10)34-32-27(21(5)6)15-12-16-28(32)22(7)8;;;/h11-22H,1-10H3;2*1H3;/q3*-1;+3. The van der Waals surface area contributed by atoms with E-state index in [0.29, 0.717) is 23.7 Å². The number of rotatable bonds is 8. The normalized spacial score (nSPS) is 12.1. The number of aliphatic imine (C=N–C) groups is 2. The van der Waals surface area contributed by atoms with E-state index in [9.17, 15) is 0 Å². The predicted octanol–water partition coefficient (Wildman–Crippen LogP) is 10.3. The van der Waals surface area contributed by atoms with Gasteiger partial charge >= 0.3 is 17.1 Å². The van der Waals surface area contributed by atoms with E-state index in [-0.39, 0.29) is 31.9 Å². The fraction of sp³-hybridized carbons (Fsp3) is 0.412. The van der Waals surface area contributed by atoms with E-state index in [1.54, 1.807) is 0 Å². The first-order valence-corrected chi connectivity index (χ1v) is 13.0. The Hall–Kier alpha value is -2.42. The van der Waals surface area contributed by atoms with Gasteiger partial charge in [-0.05, 0) is 59.8 Å². The average molecular weight is 555 g/mol. The quantitative estimate of drug-likeness (QED) is 0.155. The minimum absolute atomic E-state index is 0. The van der Waals surface area contributed by atoms with Crippen LogP contribution in [-0.2, 0) is 17.1 Å². The molecule has 2 aromatic carbocycles. The molecule has 4 heteroatoms. The van der Waals surface area contributed by atoms with Gasteiger partial charge in [0.05, 0.1) is 11.4 Å². The van der Waals surface area contributed by atoms with E-state index in [4.69, 9.17) is 15.0 Å². The molecule has 0 unspecified atom stereocenters. The van der Waals surface area contributed by atoms with Gasteiger partial charge in [-0.25, -0.2) is 0 Å². The molecule has 0 saturated heterocycles. The first-order chi connectivity index (χ1) is 16.5. The van der Waals surface area contributed by atoms with Gasteiger partial charge in [0.2, 0.25) is 0 Å². The zero-order valence-corrected chi connectivity index (χ0v) is 26.7. The van der Waals surface area contributed by atoms with Crippen LogP contribution in [0.25, 0.3) is 0 Å². The molecule has 3 aromatic rings. The average Bonchev–Trinajstić information content (AvgIpc) is 3.29. The van der Waals surface area contributed by atoms with Crippen LogP contribution in [0.1, 0.15) is 127 Å². The summed E-state index contributed by atoms with van der Waals surface area (Å²) in [5, 5.41) is 0. The summed E-state index contributed by atoms with van der Waals surface area (Å²) >= 11 is 0. The van der Waals surface area contributed by atoms with Crippen LogP contribution in [-0.4, -0.2) is 11.4 Å². The van der Waals surface area contributed by atoms with Crippen molar-refractivity contribution in [3.8, 4) is 0 Å². The topological polar surface area (TPSA) is 38.8 Å². The Kier molecular flexibility index (Phi) is 14.3. The van der Waals surface area contributed by atoms with Crippen LogP contribution < -0.4 is 4.98 Å². The minimum atomic E-state index is 0. The van der Waals surface area contributed by atoms with E-state index < -0.39 is 0 Å². The van der Waals surface area contributed by atoms with Gasteiger partial charge in [-0.3, -0.25) is 9.98 Å². The predicted molar refractivity (Wildman–Crippen MR) is 166 cm³/mol. The molecule has 207 valence electrons. The molecule has 0 bridgehead atoms. The maximum Gasteiger partial charge on any atom is 3.00 e. The molecule has 3 nitrogen and oxygen atoms in total. The first-order valence-electron chi connectivity index (χ1n) is 13.0. The van der Waals surface area contributed by atoms with Gasteiger partial charge in [0, 0.05) is 11.4 Å². The molecule has 0 aliphatic heterocycles. The number of hydrogen-bond acceptors (Lipinski definition) is 2. The van der Waals surface area contributed by atoms with Gasteiger partial charge < -0.3 is 19.8 Å². The molecule has 0 saturated carbocycles. The van der Waals surface area contributed by atoms with Crippen LogP contribution in [0.2, 0.25) is 0 Å². The van der Waals surface area contributed by atoms with Gasteiger partial charge in [0.15, 0.2) is 0 Å². The second kappa shape index (κ2) is 15.2. The molecule has 0 atom stereocenters. The summed E-state index contributed by atoms with van der Waals surface area (Å²) in [6.07, 6.45) is 0. The van der Waals surface area contributed by atoms with Crippen LogP contribution in [0.5, 0.6) is 0 Å². The molecule has 0 aliphatic rings. The smallest absolute Gasteiger partial charge is 0.655 e.